The maximum atomic E-state index is 5.75. The fraction of sp³-hybridized carbons (Fsp3) is 0.667. The average Bonchev–Trinajstić information content (AvgIpc) is 2.38. The highest BCUT2D eigenvalue weighted by Crippen LogP contribution is 2.44. The van der Waals surface area contributed by atoms with Gasteiger partial charge < -0.3 is 15.4 Å². The minimum Gasteiger partial charge on any atom is -0.378 e. The molecule has 4 nitrogen and oxygen atoms in total. The molecule has 0 saturated heterocycles. The van der Waals surface area contributed by atoms with Gasteiger partial charge in [-0.1, -0.05) is 19.9 Å². The first-order valence-electron chi connectivity index (χ1n) is 7.17. The molecule has 0 aliphatic heterocycles. The molecule has 2 N–H and O–H groups in total. The number of nitrogens with one attached hydrogen (secondary N) is 2. The zero-order chi connectivity index (χ0) is 13.9. The highest BCUT2D eigenvalue weighted by molar-refractivity contribution is 5.46. The molecule has 1 aliphatic rings. The lowest BCUT2D eigenvalue weighted by molar-refractivity contribution is -0.0976. The smallest absolute Gasteiger partial charge is 0.128 e. The third-order valence-corrected chi connectivity index (χ3v) is 3.97. The largest absolute Gasteiger partial charge is 0.378 e. The molecular formula is C15H25N3O. The molecule has 0 bridgehead atoms. The number of hydrogen-bond donors (Lipinski definition) is 2. The van der Waals surface area contributed by atoms with Crippen molar-refractivity contribution in [2.24, 2.45) is 5.41 Å². The zero-order valence-corrected chi connectivity index (χ0v) is 12.4. The van der Waals surface area contributed by atoms with Crippen molar-refractivity contribution in [3.8, 4) is 0 Å². The molecule has 1 heterocycles. The van der Waals surface area contributed by atoms with Gasteiger partial charge in [-0.2, -0.15) is 0 Å². The van der Waals surface area contributed by atoms with Crippen molar-refractivity contribution >= 4 is 11.6 Å². The maximum absolute atomic E-state index is 5.75. The minimum absolute atomic E-state index is 0.159. The van der Waals surface area contributed by atoms with Crippen molar-refractivity contribution in [2.45, 2.75) is 46.3 Å². The molecule has 0 radical (unpaired) electrons. The summed E-state index contributed by atoms with van der Waals surface area (Å²) >= 11 is 0. The van der Waals surface area contributed by atoms with Crippen LogP contribution in [0.1, 0.15) is 34.1 Å². The van der Waals surface area contributed by atoms with Crippen LogP contribution in [0.25, 0.3) is 0 Å². The summed E-state index contributed by atoms with van der Waals surface area (Å²) in [5.74, 6) is 1.86. The van der Waals surface area contributed by atoms with Crippen molar-refractivity contribution in [2.75, 3.05) is 23.8 Å². The number of rotatable bonds is 6. The summed E-state index contributed by atoms with van der Waals surface area (Å²) in [6.07, 6.45) is 1.40. The van der Waals surface area contributed by atoms with Crippen LogP contribution < -0.4 is 10.6 Å². The van der Waals surface area contributed by atoms with Gasteiger partial charge in [0.05, 0.1) is 6.10 Å². The van der Waals surface area contributed by atoms with Gasteiger partial charge in [0.25, 0.3) is 0 Å². The van der Waals surface area contributed by atoms with E-state index < -0.39 is 0 Å². The molecule has 0 amide bonds. The van der Waals surface area contributed by atoms with Gasteiger partial charge in [0, 0.05) is 24.6 Å². The second-order valence-electron chi connectivity index (χ2n) is 5.64. The Morgan fingerprint density at radius 3 is 2.68 bits per heavy atom. The Morgan fingerprint density at radius 1 is 1.32 bits per heavy atom. The second-order valence-corrected chi connectivity index (χ2v) is 5.64. The number of pyridine rings is 1. The van der Waals surface area contributed by atoms with Gasteiger partial charge in [0.15, 0.2) is 0 Å². The Balaban J connectivity index is 1.97. The van der Waals surface area contributed by atoms with E-state index in [9.17, 15) is 0 Å². The number of ether oxygens (including phenoxy) is 1. The molecule has 19 heavy (non-hydrogen) atoms. The van der Waals surface area contributed by atoms with Crippen LogP contribution in [0, 0.1) is 5.41 Å². The van der Waals surface area contributed by atoms with Gasteiger partial charge in [-0.3, -0.25) is 0 Å². The van der Waals surface area contributed by atoms with Crippen LogP contribution in [0.5, 0.6) is 0 Å². The number of aromatic nitrogens is 1. The number of hydrogen-bond acceptors (Lipinski definition) is 4. The lowest BCUT2D eigenvalue weighted by atomic mass is 9.64. The molecule has 0 spiro atoms. The summed E-state index contributed by atoms with van der Waals surface area (Å²) in [4.78, 5) is 4.56. The van der Waals surface area contributed by atoms with Gasteiger partial charge in [-0.15, -0.1) is 0 Å². The van der Waals surface area contributed by atoms with Crippen LogP contribution >= 0.6 is 0 Å². The van der Waals surface area contributed by atoms with Crippen LogP contribution in [0.2, 0.25) is 0 Å². The van der Waals surface area contributed by atoms with E-state index in [4.69, 9.17) is 4.74 Å². The Morgan fingerprint density at radius 2 is 2.05 bits per heavy atom. The molecular weight excluding hydrogens is 238 g/mol. The van der Waals surface area contributed by atoms with E-state index in [0.29, 0.717) is 12.1 Å². The van der Waals surface area contributed by atoms with E-state index in [1.54, 1.807) is 0 Å². The van der Waals surface area contributed by atoms with Crippen molar-refractivity contribution < 1.29 is 4.74 Å². The standard InChI is InChI=1S/C15H25N3O/c1-5-16-13-8-7-9-14(18-13)17-11-10-12(19-6-2)15(11,3)4/h7-9,11-12H,5-6,10H2,1-4H3,(H2,16,17,18). The topological polar surface area (TPSA) is 46.2 Å². The second kappa shape index (κ2) is 5.78. The predicted molar refractivity (Wildman–Crippen MR) is 79.6 cm³/mol. The number of anilines is 2. The van der Waals surface area contributed by atoms with Crippen LogP contribution in [0.15, 0.2) is 18.2 Å². The zero-order valence-electron chi connectivity index (χ0n) is 12.4. The SMILES string of the molecule is CCNc1cccc(NC2CC(OCC)C2(C)C)n1. The number of nitrogens with zero attached hydrogens (tertiary/aromatic N) is 1. The summed E-state index contributed by atoms with van der Waals surface area (Å²) in [7, 11) is 0. The van der Waals surface area contributed by atoms with Crippen molar-refractivity contribution in [3.63, 3.8) is 0 Å². The lowest BCUT2D eigenvalue weighted by Crippen LogP contribution is -2.58. The third-order valence-electron chi connectivity index (χ3n) is 3.97. The van der Waals surface area contributed by atoms with Crippen LogP contribution in [0.4, 0.5) is 11.6 Å². The summed E-state index contributed by atoms with van der Waals surface area (Å²) in [5, 5.41) is 6.76. The lowest BCUT2D eigenvalue weighted by Gasteiger charge is -2.51. The third kappa shape index (κ3) is 3.00. The summed E-state index contributed by atoms with van der Waals surface area (Å²) < 4.78 is 5.75. The first-order chi connectivity index (χ1) is 9.07. The Labute approximate surface area is 116 Å². The van der Waals surface area contributed by atoms with Crippen LogP contribution in [0.3, 0.4) is 0 Å². The quantitative estimate of drug-likeness (QED) is 0.827. The molecule has 1 aromatic heterocycles. The van der Waals surface area contributed by atoms with Crippen LogP contribution in [-0.2, 0) is 4.74 Å². The molecule has 1 fully saturated rings. The van der Waals surface area contributed by atoms with Crippen molar-refractivity contribution in [1.29, 1.82) is 0 Å². The Kier molecular flexibility index (Phi) is 4.30. The van der Waals surface area contributed by atoms with Gasteiger partial charge in [-0.25, -0.2) is 4.98 Å². The molecule has 4 heteroatoms. The molecule has 2 unspecified atom stereocenters. The van der Waals surface area contributed by atoms with Gasteiger partial charge in [-0.05, 0) is 32.4 Å². The fourth-order valence-corrected chi connectivity index (χ4v) is 2.59. The average molecular weight is 263 g/mol. The van der Waals surface area contributed by atoms with E-state index in [1.807, 2.05) is 18.2 Å². The van der Waals surface area contributed by atoms with Gasteiger partial charge in [0.1, 0.15) is 11.6 Å². The first-order valence-corrected chi connectivity index (χ1v) is 7.17. The molecule has 1 aromatic rings. The molecule has 1 aliphatic carbocycles. The minimum atomic E-state index is 0.159. The maximum Gasteiger partial charge on any atom is 0.128 e. The highest BCUT2D eigenvalue weighted by atomic mass is 16.5. The van der Waals surface area contributed by atoms with Crippen LogP contribution in [-0.4, -0.2) is 30.3 Å². The van der Waals surface area contributed by atoms with E-state index in [0.717, 1.165) is 31.2 Å². The molecule has 2 atom stereocenters. The molecule has 106 valence electrons. The molecule has 2 rings (SSSR count). The van der Waals surface area contributed by atoms with E-state index >= 15 is 0 Å². The normalized spacial score (nSPS) is 24.6. The summed E-state index contributed by atoms with van der Waals surface area (Å²) in [5.41, 5.74) is 0.159. The predicted octanol–water partition coefficient (Wildman–Crippen LogP) is 3.13. The van der Waals surface area contributed by atoms with E-state index in [1.165, 1.54) is 0 Å². The monoisotopic (exact) mass is 263 g/mol. The van der Waals surface area contributed by atoms with Crippen molar-refractivity contribution in [3.05, 3.63) is 18.2 Å². The van der Waals surface area contributed by atoms with E-state index in [2.05, 4.69) is 43.3 Å². The fourth-order valence-electron chi connectivity index (χ4n) is 2.59. The molecule has 1 saturated carbocycles. The van der Waals surface area contributed by atoms with Gasteiger partial charge >= 0.3 is 0 Å². The van der Waals surface area contributed by atoms with Crippen molar-refractivity contribution in [1.82, 2.24) is 4.98 Å². The Hall–Kier alpha value is -1.29. The first kappa shape index (κ1) is 14.1. The molecule has 0 aromatic carbocycles. The Bertz CT molecular complexity index is 420. The summed E-state index contributed by atoms with van der Waals surface area (Å²) in [6, 6.07) is 6.46. The highest BCUT2D eigenvalue weighted by Gasteiger charge is 2.48. The van der Waals surface area contributed by atoms with E-state index in [-0.39, 0.29) is 5.41 Å². The van der Waals surface area contributed by atoms with Gasteiger partial charge in [0.2, 0.25) is 0 Å². The summed E-state index contributed by atoms with van der Waals surface area (Å²) in [6.45, 7) is 10.3.